The number of nitrogens with one attached hydrogen (secondary N) is 1. The van der Waals surface area contributed by atoms with E-state index in [1.165, 1.54) is 37.0 Å². The molecule has 98 valence electrons. The van der Waals surface area contributed by atoms with Gasteiger partial charge in [0.15, 0.2) is 0 Å². The van der Waals surface area contributed by atoms with Gasteiger partial charge in [-0.2, -0.15) is 0 Å². The lowest BCUT2D eigenvalue weighted by Crippen LogP contribution is -2.16. The van der Waals surface area contributed by atoms with E-state index in [1.54, 1.807) is 12.3 Å². The van der Waals surface area contributed by atoms with Gasteiger partial charge >= 0.3 is 0 Å². The molecule has 0 radical (unpaired) electrons. The first kappa shape index (κ1) is 12.6. The predicted octanol–water partition coefficient (Wildman–Crippen LogP) is 3.02. The zero-order valence-electron chi connectivity index (χ0n) is 10.3. The normalized spacial score (nSPS) is 14.6. The van der Waals surface area contributed by atoms with Crippen LogP contribution in [0.1, 0.15) is 18.4 Å². The van der Waals surface area contributed by atoms with Crippen molar-refractivity contribution in [3.05, 3.63) is 48.2 Å². The molecule has 1 saturated carbocycles. The predicted molar refractivity (Wildman–Crippen MR) is 72.4 cm³/mol. The summed E-state index contributed by atoms with van der Waals surface area (Å²) in [6, 6.07) is 7.57. The van der Waals surface area contributed by atoms with Crippen molar-refractivity contribution in [2.75, 3.05) is 0 Å². The fraction of sp³-hybridized carbons (Fsp3) is 0.286. The third-order valence-electron chi connectivity index (χ3n) is 2.99. The van der Waals surface area contributed by atoms with E-state index in [4.69, 9.17) is 0 Å². The average Bonchev–Trinajstić information content (AvgIpc) is 3.23. The van der Waals surface area contributed by atoms with Crippen LogP contribution < -0.4 is 5.32 Å². The molecule has 19 heavy (non-hydrogen) atoms. The quantitative estimate of drug-likeness (QED) is 0.851. The molecule has 1 aromatic heterocycles. The number of nitrogens with zero attached hydrogens (tertiary/aromatic N) is 2. The molecule has 1 N–H and O–H groups in total. The number of benzene rings is 1. The van der Waals surface area contributed by atoms with Crippen LogP contribution in [0.25, 0.3) is 0 Å². The number of hydrogen-bond donors (Lipinski definition) is 1. The van der Waals surface area contributed by atoms with Gasteiger partial charge in [-0.25, -0.2) is 14.4 Å². The van der Waals surface area contributed by atoms with Gasteiger partial charge in [-0.15, -0.1) is 0 Å². The minimum Gasteiger partial charge on any atom is -0.310 e. The summed E-state index contributed by atoms with van der Waals surface area (Å²) < 4.78 is 13.9. The van der Waals surface area contributed by atoms with Crippen LogP contribution >= 0.6 is 11.8 Å². The lowest BCUT2D eigenvalue weighted by Gasteiger charge is -2.10. The molecule has 1 heterocycles. The second-order valence-corrected chi connectivity index (χ2v) is 5.58. The molecule has 1 aliphatic rings. The van der Waals surface area contributed by atoms with Crippen molar-refractivity contribution in [1.29, 1.82) is 0 Å². The molecule has 1 aromatic carbocycles. The van der Waals surface area contributed by atoms with Crippen LogP contribution in [0.2, 0.25) is 0 Å². The largest absolute Gasteiger partial charge is 0.310 e. The smallest absolute Gasteiger partial charge is 0.128 e. The Morgan fingerprint density at radius 2 is 2.21 bits per heavy atom. The van der Waals surface area contributed by atoms with E-state index >= 15 is 0 Å². The second-order valence-electron chi connectivity index (χ2n) is 4.52. The number of halogens is 1. The van der Waals surface area contributed by atoms with E-state index in [0.29, 0.717) is 12.6 Å². The van der Waals surface area contributed by atoms with Crippen molar-refractivity contribution < 1.29 is 4.39 Å². The Morgan fingerprint density at radius 1 is 1.32 bits per heavy atom. The molecule has 0 saturated heterocycles. The highest BCUT2D eigenvalue weighted by molar-refractivity contribution is 7.99. The van der Waals surface area contributed by atoms with Crippen molar-refractivity contribution >= 4 is 11.8 Å². The van der Waals surface area contributed by atoms with Gasteiger partial charge in [0.1, 0.15) is 17.2 Å². The number of hydrogen-bond acceptors (Lipinski definition) is 4. The molecule has 1 aliphatic carbocycles. The van der Waals surface area contributed by atoms with Crippen molar-refractivity contribution in [3.63, 3.8) is 0 Å². The van der Waals surface area contributed by atoms with Crippen LogP contribution in [0.4, 0.5) is 4.39 Å². The van der Waals surface area contributed by atoms with Crippen molar-refractivity contribution in [1.82, 2.24) is 15.3 Å². The summed E-state index contributed by atoms with van der Waals surface area (Å²) in [6.07, 6.45) is 5.59. The summed E-state index contributed by atoms with van der Waals surface area (Å²) in [6.45, 7) is 0.574. The van der Waals surface area contributed by atoms with Crippen molar-refractivity contribution in [2.45, 2.75) is 35.3 Å². The minimum atomic E-state index is -0.160. The van der Waals surface area contributed by atoms with E-state index in [0.717, 1.165) is 15.5 Å². The van der Waals surface area contributed by atoms with Crippen LogP contribution in [-0.4, -0.2) is 16.0 Å². The Labute approximate surface area is 115 Å². The van der Waals surface area contributed by atoms with Crippen LogP contribution in [0.15, 0.2) is 46.7 Å². The van der Waals surface area contributed by atoms with Crippen molar-refractivity contribution in [2.24, 2.45) is 0 Å². The fourth-order valence-electron chi connectivity index (χ4n) is 1.79. The van der Waals surface area contributed by atoms with Gasteiger partial charge in [-0.3, -0.25) is 0 Å². The van der Waals surface area contributed by atoms with E-state index in [1.807, 2.05) is 12.1 Å². The molecule has 0 aliphatic heterocycles. The topological polar surface area (TPSA) is 37.8 Å². The van der Waals surface area contributed by atoms with Crippen LogP contribution in [0, 0.1) is 5.82 Å². The molecule has 0 bridgehead atoms. The summed E-state index contributed by atoms with van der Waals surface area (Å²) in [5.41, 5.74) is 0.720. The Balaban J connectivity index is 1.80. The summed E-state index contributed by atoms with van der Waals surface area (Å²) in [4.78, 5) is 8.95. The van der Waals surface area contributed by atoms with Gasteiger partial charge in [0.25, 0.3) is 0 Å². The third-order valence-corrected chi connectivity index (χ3v) is 4.04. The highest BCUT2D eigenvalue weighted by atomic mass is 32.2. The molecule has 0 amide bonds. The number of rotatable bonds is 5. The van der Waals surface area contributed by atoms with E-state index in [2.05, 4.69) is 15.3 Å². The Hall–Kier alpha value is -1.46. The van der Waals surface area contributed by atoms with Gasteiger partial charge in [-0.1, -0.05) is 17.8 Å². The maximum Gasteiger partial charge on any atom is 0.128 e. The molecular formula is C14H14FN3S. The molecule has 0 atom stereocenters. The summed E-state index contributed by atoms with van der Waals surface area (Å²) in [7, 11) is 0. The summed E-state index contributed by atoms with van der Waals surface area (Å²) in [5.74, 6) is -0.160. The average molecular weight is 275 g/mol. The number of aromatic nitrogens is 2. The van der Waals surface area contributed by atoms with Gasteiger partial charge in [-0.05, 0) is 31.0 Å². The van der Waals surface area contributed by atoms with Gasteiger partial charge in [0.05, 0.1) is 0 Å². The maximum absolute atomic E-state index is 13.9. The standard InChI is InChI=1S/C14H14FN3S/c15-12-2-1-3-13(11(12)8-17-10-4-5-10)19-14-6-7-16-9-18-14/h1-3,6-7,9-10,17H,4-5,8H2. The lowest BCUT2D eigenvalue weighted by molar-refractivity contribution is 0.579. The fourth-order valence-corrected chi connectivity index (χ4v) is 2.69. The molecule has 0 unspecified atom stereocenters. The van der Waals surface area contributed by atoms with Crippen LogP contribution in [0.5, 0.6) is 0 Å². The molecule has 2 aromatic rings. The molecule has 5 heteroatoms. The highest BCUT2D eigenvalue weighted by Gasteiger charge is 2.21. The molecule has 3 nitrogen and oxygen atoms in total. The molecule has 0 spiro atoms. The van der Waals surface area contributed by atoms with E-state index in [9.17, 15) is 4.39 Å². The lowest BCUT2D eigenvalue weighted by atomic mass is 10.2. The van der Waals surface area contributed by atoms with Crippen molar-refractivity contribution in [3.8, 4) is 0 Å². The van der Waals surface area contributed by atoms with Crippen LogP contribution in [0.3, 0.4) is 0 Å². The monoisotopic (exact) mass is 275 g/mol. The maximum atomic E-state index is 13.9. The zero-order chi connectivity index (χ0) is 13.1. The van der Waals surface area contributed by atoms with Crippen LogP contribution in [-0.2, 0) is 6.54 Å². The zero-order valence-corrected chi connectivity index (χ0v) is 11.2. The van der Waals surface area contributed by atoms with E-state index < -0.39 is 0 Å². The SMILES string of the molecule is Fc1cccc(Sc2ccncn2)c1CNC1CC1. The molecule has 1 fully saturated rings. The molecular weight excluding hydrogens is 261 g/mol. The summed E-state index contributed by atoms with van der Waals surface area (Å²) >= 11 is 1.47. The second kappa shape index (κ2) is 5.67. The third kappa shape index (κ3) is 3.30. The minimum absolute atomic E-state index is 0.160. The highest BCUT2D eigenvalue weighted by Crippen LogP contribution is 2.30. The van der Waals surface area contributed by atoms with Gasteiger partial charge < -0.3 is 5.32 Å². The Morgan fingerprint density at radius 3 is 2.95 bits per heavy atom. The van der Waals surface area contributed by atoms with Gasteiger partial charge in [0, 0.05) is 29.2 Å². The van der Waals surface area contributed by atoms with E-state index in [-0.39, 0.29) is 5.82 Å². The first-order valence-electron chi connectivity index (χ1n) is 6.27. The Kier molecular flexibility index (Phi) is 3.75. The molecule has 3 rings (SSSR count). The Bertz CT molecular complexity index is 558. The first-order valence-corrected chi connectivity index (χ1v) is 7.09. The summed E-state index contributed by atoms with van der Waals surface area (Å²) in [5, 5.41) is 4.18. The van der Waals surface area contributed by atoms with Gasteiger partial charge in [0.2, 0.25) is 0 Å². The first-order chi connectivity index (χ1) is 9.33.